The summed E-state index contributed by atoms with van der Waals surface area (Å²) in [6.45, 7) is 3.98. The van der Waals surface area contributed by atoms with Gasteiger partial charge in [0.2, 0.25) is 0 Å². The maximum Gasteiger partial charge on any atom is 0.338 e. The maximum atomic E-state index is 12.1. The largest absolute Gasteiger partial charge is 0.469 e. The van der Waals surface area contributed by atoms with Crippen LogP contribution in [0, 0.1) is 0 Å². The number of rotatable bonds is 9. The van der Waals surface area contributed by atoms with Gasteiger partial charge in [-0.2, -0.15) is 0 Å². The van der Waals surface area contributed by atoms with E-state index >= 15 is 0 Å². The van der Waals surface area contributed by atoms with Gasteiger partial charge in [0.25, 0.3) is 0 Å². The van der Waals surface area contributed by atoms with Crippen molar-refractivity contribution in [2.75, 3.05) is 19.4 Å². The quantitative estimate of drug-likeness (QED) is 0.647. The number of carbonyl (C=O) groups is 1. The van der Waals surface area contributed by atoms with Gasteiger partial charge in [0.15, 0.2) is 0 Å². The Balaban J connectivity index is 2.43. The normalized spacial score (nSPS) is 11.7. The van der Waals surface area contributed by atoms with Gasteiger partial charge in [-0.3, -0.25) is 9.36 Å². The van der Waals surface area contributed by atoms with Crippen LogP contribution in [0.15, 0.2) is 22.8 Å². The molecule has 0 atom stereocenters. The highest BCUT2D eigenvalue weighted by molar-refractivity contribution is 7.54. The van der Waals surface area contributed by atoms with Crippen LogP contribution >= 0.6 is 7.60 Å². The minimum atomic E-state index is -3.26. The second-order valence-electron chi connectivity index (χ2n) is 3.72. The van der Waals surface area contributed by atoms with E-state index in [-0.39, 0.29) is 31.6 Å². The van der Waals surface area contributed by atoms with Crippen molar-refractivity contribution in [3.05, 3.63) is 24.2 Å². The highest BCUT2D eigenvalue weighted by Gasteiger charge is 2.27. The van der Waals surface area contributed by atoms with Crippen molar-refractivity contribution >= 4 is 13.4 Å². The summed E-state index contributed by atoms with van der Waals surface area (Å²) in [7, 11) is -3.26. The molecule has 0 bridgehead atoms. The van der Waals surface area contributed by atoms with Crippen LogP contribution in [0.4, 0.5) is 0 Å². The van der Waals surface area contributed by atoms with E-state index in [0.717, 1.165) is 5.76 Å². The fourth-order valence-corrected chi connectivity index (χ4v) is 3.17. The van der Waals surface area contributed by atoms with Gasteiger partial charge < -0.3 is 13.5 Å². The molecule has 0 fully saturated rings. The Morgan fingerprint density at radius 1 is 1.33 bits per heavy atom. The molecule has 0 amide bonds. The predicted octanol–water partition coefficient (Wildman–Crippen LogP) is 3.05. The van der Waals surface area contributed by atoms with E-state index in [1.54, 1.807) is 32.2 Å². The number of furan rings is 1. The topological polar surface area (TPSA) is 65.7 Å². The number of Topliss-reactive ketones (excluding diaryl/α,β-unsaturated/α-hetero) is 1. The number of aryl methyl sites for hydroxylation is 1. The molecule has 0 aliphatic heterocycles. The lowest BCUT2D eigenvalue weighted by Crippen LogP contribution is -2.10. The van der Waals surface area contributed by atoms with Crippen molar-refractivity contribution in [2.24, 2.45) is 0 Å². The second kappa shape index (κ2) is 7.52. The van der Waals surface area contributed by atoms with E-state index < -0.39 is 7.60 Å². The maximum absolute atomic E-state index is 12.1. The van der Waals surface area contributed by atoms with Gasteiger partial charge in [0.05, 0.1) is 19.5 Å². The van der Waals surface area contributed by atoms with E-state index in [9.17, 15) is 9.36 Å². The molecule has 5 nitrogen and oxygen atoms in total. The molecule has 0 N–H and O–H groups in total. The molecular weight excluding hydrogens is 255 g/mol. The highest BCUT2D eigenvalue weighted by atomic mass is 31.2. The van der Waals surface area contributed by atoms with E-state index in [4.69, 9.17) is 13.5 Å². The molecule has 0 aromatic carbocycles. The smallest absolute Gasteiger partial charge is 0.338 e. The third-order valence-electron chi connectivity index (χ3n) is 2.25. The summed E-state index contributed by atoms with van der Waals surface area (Å²) >= 11 is 0. The fourth-order valence-electron chi connectivity index (χ4n) is 1.53. The zero-order valence-corrected chi connectivity index (χ0v) is 11.7. The third-order valence-corrected chi connectivity index (χ3v) is 4.30. The van der Waals surface area contributed by atoms with Gasteiger partial charge in [0.1, 0.15) is 17.7 Å². The molecule has 0 radical (unpaired) electrons. The minimum absolute atomic E-state index is 0.142. The molecule has 0 saturated carbocycles. The van der Waals surface area contributed by atoms with Crippen LogP contribution in [0.25, 0.3) is 0 Å². The lowest BCUT2D eigenvalue weighted by molar-refractivity contribution is -0.117. The zero-order valence-electron chi connectivity index (χ0n) is 10.8. The summed E-state index contributed by atoms with van der Waals surface area (Å²) in [4.78, 5) is 11.7. The lowest BCUT2D eigenvalue weighted by atomic mass is 10.2. The van der Waals surface area contributed by atoms with Crippen molar-refractivity contribution in [3.63, 3.8) is 0 Å². The fraction of sp³-hybridized carbons (Fsp3) is 0.583. The minimum Gasteiger partial charge on any atom is -0.469 e. The van der Waals surface area contributed by atoms with Crippen LogP contribution in [-0.4, -0.2) is 25.2 Å². The van der Waals surface area contributed by atoms with E-state index in [1.807, 2.05) is 0 Å². The first-order valence-corrected chi connectivity index (χ1v) is 7.74. The first-order valence-electron chi connectivity index (χ1n) is 6.02. The van der Waals surface area contributed by atoms with Crippen molar-refractivity contribution in [2.45, 2.75) is 26.7 Å². The average Bonchev–Trinajstić information content (AvgIpc) is 2.79. The summed E-state index contributed by atoms with van der Waals surface area (Å²) in [5.41, 5.74) is 0. The van der Waals surface area contributed by atoms with E-state index in [0.29, 0.717) is 6.42 Å². The lowest BCUT2D eigenvalue weighted by Gasteiger charge is -2.15. The summed E-state index contributed by atoms with van der Waals surface area (Å²) in [5.74, 6) is 0.600. The predicted molar refractivity (Wildman–Crippen MR) is 67.8 cm³/mol. The van der Waals surface area contributed by atoms with Gasteiger partial charge in [0, 0.05) is 12.8 Å². The molecular formula is C12H19O5P. The Bertz CT molecular complexity index is 389. The summed E-state index contributed by atoms with van der Waals surface area (Å²) in [6, 6.07) is 3.57. The molecule has 102 valence electrons. The molecule has 0 aliphatic rings. The van der Waals surface area contributed by atoms with Gasteiger partial charge in [-0.1, -0.05) is 0 Å². The molecule has 18 heavy (non-hydrogen) atoms. The first-order chi connectivity index (χ1) is 8.59. The third kappa shape index (κ3) is 5.17. The van der Waals surface area contributed by atoms with Crippen molar-refractivity contribution in [3.8, 4) is 0 Å². The Hall–Kier alpha value is -0.900. The summed E-state index contributed by atoms with van der Waals surface area (Å²) in [6.07, 6.45) is 2.17. The van der Waals surface area contributed by atoms with Gasteiger partial charge in [-0.15, -0.1) is 0 Å². The SMILES string of the molecule is CCOP(=O)(CC(=O)CCc1ccco1)OCC. The molecule has 0 aliphatic carbocycles. The van der Waals surface area contributed by atoms with Crippen LogP contribution in [0.5, 0.6) is 0 Å². The molecule has 1 aromatic heterocycles. The summed E-state index contributed by atoms with van der Waals surface area (Å²) in [5, 5.41) is 0. The Labute approximate surface area is 107 Å². The van der Waals surface area contributed by atoms with Crippen LogP contribution in [0.1, 0.15) is 26.0 Å². The number of ketones is 1. The second-order valence-corrected chi connectivity index (χ2v) is 5.78. The van der Waals surface area contributed by atoms with Crippen LogP contribution in [0.2, 0.25) is 0 Å². The molecule has 0 spiro atoms. The van der Waals surface area contributed by atoms with Gasteiger partial charge in [-0.05, 0) is 26.0 Å². The molecule has 0 saturated heterocycles. The van der Waals surface area contributed by atoms with Crippen molar-refractivity contribution < 1.29 is 22.8 Å². The van der Waals surface area contributed by atoms with Gasteiger partial charge >= 0.3 is 7.60 Å². The summed E-state index contributed by atoms with van der Waals surface area (Å²) < 4.78 is 27.4. The molecule has 1 heterocycles. The van der Waals surface area contributed by atoms with Crippen LogP contribution < -0.4 is 0 Å². The molecule has 1 aromatic rings. The molecule has 1 rings (SSSR count). The first kappa shape index (κ1) is 15.2. The number of hydrogen-bond acceptors (Lipinski definition) is 5. The number of hydrogen-bond donors (Lipinski definition) is 0. The number of carbonyl (C=O) groups excluding carboxylic acids is 1. The Kier molecular flexibility index (Phi) is 6.33. The Morgan fingerprint density at radius 3 is 2.50 bits per heavy atom. The monoisotopic (exact) mass is 274 g/mol. The standard InChI is InChI=1S/C12H19O5P/c1-3-16-18(14,17-4-2)10-11(13)7-8-12-6-5-9-15-12/h5-6,9H,3-4,7-8,10H2,1-2H3. The van der Waals surface area contributed by atoms with Crippen LogP contribution in [-0.2, 0) is 24.8 Å². The van der Waals surface area contributed by atoms with E-state index in [2.05, 4.69) is 0 Å². The zero-order chi connectivity index (χ0) is 13.4. The van der Waals surface area contributed by atoms with Crippen LogP contribution in [0.3, 0.4) is 0 Å². The molecule has 6 heteroatoms. The molecule has 0 unspecified atom stereocenters. The Morgan fingerprint density at radius 2 is 2.00 bits per heavy atom. The van der Waals surface area contributed by atoms with Crippen molar-refractivity contribution in [1.82, 2.24) is 0 Å². The van der Waals surface area contributed by atoms with E-state index in [1.165, 1.54) is 0 Å². The van der Waals surface area contributed by atoms with Crippen molar-refractivity contribution in [1.29, 1.82) is 0 Å². The highest BCUT2D eigenvalue weighted by Crippen LogP contribution is 2.47. The average molecular weight is 274 g/mol. The van der Waals surface area contributed by atoms with Gasteiger partial charge in [-0.25, -0.2) is 0 Å².